The van der Waals surface area contributed by atoms with Crippen molar-refractivity contribution in [1.82, 2.24) is 10.2 Å². The Balaban J connectivity index is 1.46. The molecule has 2 aromatic carbocycles. The van der Waals surface area contributed by atoms with Gasteiger partial charge in [0.1, 0.15) is 0 Å². The van der Waals surface area contributed by atoms with Crippen molar-refractivity contribution in [2.45, 2.75) is 63.1 Å². The standard InChI is InChI=1S/C24H32N2/c1-4-10-20(11-5-1)18-26-17-16-24(25-22-14-8-3-9-15-22)23(19-26)21-12-6-2-7-13-21/h1-2,4-7,10-13,22-25H,3,8-9,14-19H2/t23-,24-/m1/s1. The molecule has 4 rings (SSSR count). The summed E-state index contributed by atoms with van der Waals surface area (Å²) in [7, 11) is 0. The molecule has 0 unspecified atom stereocenters. The molecule has 0 radical (unpaired) electrons. The molecule has 2 nitrogen and oxygen atoms in total. The number of benzene rings is 2. The van der Waals surface area contributed by atoms with E-state index in [1.807, 2.05) is 0 Å². The fraction of sp³-hybridized carbons (Fsp3) is 0.500. The topological polar surface area (TPSA) is 15.3 Å². The van der Waals surface area contributed by atoms with Gasteiger partial charge in [-0.05, 0) is 30.4 Å². The van der Waals surface area contributed by atoms with Crippen molar-refractivity contribution < 1.29 is 0 Å². The molecule has 1 saturated heterocycles. The van der Waals surface area contributed by atoms with Crippen LogP contribution < -0.4 is 5.32 Å². The van der Waals surface area contributed by atoms with Gasteiger partial charge in [0.25, 0.3) is 0 Å². The van der Waals surface area contributed by atoms with Gasteiger partial charge in [0.05, 0.1) is 0 Å². The molecule has 2 heteroatoms. The zero-order valence-corrected chi connectivity index (χ0v) is 15.8. The maximum absolute atomic E-state index is 4.06. The molecule has 2 fully saturated rings. The van der Waals surface area contributed by atoms with Crippen LogP contribution in [0.5, 0.6) is 0 Å². The van der Waals surface area contributed by atoms with Gasteiger partial charge < -0.3 is 5.32 Å². The lowest BCUT2D eigenvalue weighted by Crippen LogP contribution is -2.51. The van der Waals surface area contributed by atoms with Crippen LogP contribution in [0.3, 0.4) is 0 Å². The predicted octanol–water partition coefficient (Wildman–Crippen LogP) is 4.97. The fourth-order valence-corrected chi connectivity index (χ4v) is 4.81. The van der Waals surface area contributed by atoms with Gasteiger partial charge in [0.15, 0.2) is 0 Å². The van der Waals surface area contributed by atoms with Gasteiger partial charge in [-0.25, -0.2) is 0 Å². The van der Waals surface area contributed by atoms with Crippen molar-refractivity contribution in [1.29, 1.82) is 0 Å². The van der Waals surface area contributed by atoms with Gasteiger partial charge in [0.2, 0.25) is 0 Å². The zero-order valence-electron chi connectivity index (χ0n) is 15.8. The second kappa shape index (κ2) is 8.83. The number of nitrogens with one attached hydrogen (secondary N) is 1. The Morgan fingerprint density at radius 3 is 2.23 bits per heavy atom. The first-order chi connectivity index (χ1) is 12.9. The predicted molar refractivity (Wildman–Crippen MR) is 109 cm³/mol. The largest absolute Gasteiger partial charge is 0.311 e. The molecule has 0 amide bonds. The molecule has 0 bridgehead atoms. The van der Waals surface area contributed by atoms with Gasteiger partial charge in [-0.3, -0.25) is 4.90 Å². The van der Waals surface area contributed by atoms with E-state index in [1.165, 1.54) is 56.2 Å². The molecule has 0 spiro atoms. The summed E-state index contributed by atoms with van der Waals surface area (Å²) < 4.78 is 0. The number of nitrogens with zero attached hydrogens (tertiary/aromatic N) is 1. The summed E-state index contributed by atoms with van der Waals surface area (Å²) in [6, 6.07) is 23.5. The minimum absolute atomic E-state index is 0.593. The average Bonchev–Trinajstić information content (AvgIpc) is 2.71. The number of hydrogen-bond donors (Lipinski definition) is 1. The molecule has 2 aromatic rings. The van der Waals surface area contributed by atoms with Crippen molar-refractivity contribution in [3.8, 4) is 0 Å². The summed E-state index contributed by atoms with van der Waals surface area (Å²) in [5.41, 5.74) is 2.93. The van der Waals surface area contributed by atoms with Crippen LogP contribution in [0.2, 0.25) is 0 Å². The minimum Gasteiger partial charge on any atom is -0.311 e. The van der Waals surface area contributed by atoms with E-state index in [4.69, 9.17) is 0 Å². The van der Waals surface area contributed by atoms with E-state index in [0.717, 1.165) is 19.1 Å². The Morgan fingerprint density at radius 2 is 1.50 bits per heavy atom. The summed E-state index contributed by atoms with van der Waals surface area (Å²) in [6.07, 6.45) is 8.22. The first kappa shape index (κ1) is 17.8. The number of likely N-dealkylation sites (tertiary alicyclic amines) is 1. The second-order valence-electron chi connectivity index (χ2n) is 8.13. The number of hydrogen-bond acceptors (Lipinski definition) is 2. The first-order valence-electron chi connectivity index (χ1n) is 10.5. The third-order valence-corrected chi connectivity index (χ3v) is 6.23. The monoisotopic (exact) mass is 348 g/mol. The van der Waals surface area contributed by atoms with E-state index in [2.05, 4.69) is 70.9 Å². The van der Waals surface area contributed by atoms with Crippen molar-refractivity contribution in [2.75, 3.05) is 13.1 Å². The lowest BCUT2D eigenvalue weighted by Gasteiger charge is -2.41. The van der Waals surface area contributed by atoms with E-state index >= 15 is 0 Å². The number of rotatable bonds is 5. The maximum Gasteiger partial charge on any atom is 0.0234 e. The van der Waals surface area contributed by atoms with Crippen LogP contribution in [-0.4, -0.2) is 30.1 Å². The molecule has 2 aliphatic rings. The first-order valence-corrected chi connectivity index (χ1v) is 10.5. The average molecular weight is 349 g/mol. The minimum atomic E-state index is 0.593. The summed E-state index contributed by atoms with van der Waals surface area (Å²) in [5, 5.41) is 4.06. The summed E-state index contributed by atoms with van der Waals surface area (Å²) >= 11 is 0. The molecule has 0 aromatic heterocycles. The quantitative estimate of drug-likeness (QED) is 0.821. The van der Waals surface area contributed by atoms with E-state index in [0.29, 0.717) is 12.0 Å². The lowest BCUT2D eigenvalue weighted by atomic mass is 9.84. The van der Waals surface area contributed by atoms with Gasteiger partial charge in [0, 0.05) is 37.6 Å². The highest BCUT2D eigenvalue weighted by Crippen LogP contribution is 2.30. The highest BCUT2D eigenvalue weighted by Gasteiger charge is 2.31. The zero-order chi connectivity index (χ0) is 17.6. The van der Waals surface area contributed by atoms with Crippen LogP contribution in [0.4, 0.5) is 0 Å². The molecule has 1 heterocycles. The molecule has 26 heavy (non-hydrogen) atoms. The molecule has 1 aliphatic carbocycles. The molecule has 1 N–H and O–H groups in total. The Labute approximate surface area is 158 Å². The Kier molecular flexibility index (Phi) is 6.03. The molecule has 1 saturated carbocycles. The van der Waals surface area contributed by atoms with Crippen LogP contribution >= 0.6 is 0 Å². The third kappa shape index (κ3) is 4.55. The van der Waals surface area contributed by atoms with Crippen LogP contribution in [0, 0.1) is 0 Å². The molecule has 2 atom stereocenters. The summed E-state index contributed by atoms with van der Waals surface area (Å²) in [6.45, 7) is 3.42. The Bertz CT molecular complexity index is 648. The van der Waals surface area contributed by atoms with Crippen LogP contribution in [0.25, 0.3) is 0 Å². The van der Waals surface area contributed by atoms with Crippen molar-refractivity contribution in [3.63, 3.8) is 0 Å². The Morgan fingerprint density at radius 1 is 0.808 bits per heavy atom. The normalized spacial score (nSPS) is 25.2. The highest BCUT2D eigenvalue weighted by molar-refractivity contribution is 5.23. The highest BCUT2D eigenvalue weighted by atomic mass is 15.2. The van der Waals surface area contributed by atoms with E-state index in [-0.39, 0.29) is 0 Å². The van der Waals surface area contributed by atoms with Gasteiger partial charge >= 0.3 is 0 Å². The smallest absolute Gasteiger partial charge is 0.0234 e. The third-order valence-electron chi connectivity index (χ3n) is 6.23. The Hall–Kier alpha value is -1.64. The van der Waals surface area contributed by atoms with E-state index < -0.39 is 0 Å². The summed E-state index contributed by atoms with van der Waals surface area (Å²) in [5.74, 6) is 0.593. The second-order valence-corrected chi connectivity index (χ2v) is 8.13. The maximum atomic E-state index is 4.06. The van der Waals surface area contributed by atoms with Gasteiger partial charge in [-0.15, -0.1) is 0 Å². The van der Waals surface area contributed by atoms with Gasteiger partial charge in [-0.1, -0.05) is 79.9 Å². The molecular weight excluding hydrogens is 316 g/mol. The van der Waals surface area contributed by atoms with Crippen LogP contribution in [0.1, 0.15) is 55.6 Å². The van der Waals surface area contributed by atoms with Crippen LogP contribution in [0.15, 0.2) is 60.7 Å². The van der Waals surface area contributed by atoms with E-state index in [1.54, 1.807) is 0 Å². The molecule has 1 aliphatic heterocycles. The van der Waals surface area contributed by atoms with Crippen LogP contribution in [-0.2, 0) is 6.54 Å². The van der Waals surface area contributed by atoms with Crippen molar-refractivity contribution in [2.24, 2.45) is 0 Å². The lowest BCUT2D eigenvalue weighted by molar-refractivity contribution is 0.155. The molecule has 138 valence electrons. The van der Waals surface area contributed by atoms with Crippen molar-refractivity contribution >= 4 is 0 Å². The van der Waals surface area contributed by atoms with E-state index in [9.17, 15) is 0 Å². The SMILES string of the molecule is c1ccc(CN2CC[C@@H](NC3CCCCC3)[C@@H](c3ccccc3)C2)cc1. The number of piperidine rings is 1. The van der Waals surface area contributed by atoms with Gasteiger partial charge in [-0.2, -0.15) is 0 Å². The summed E-state index contributed by atoms with van der Waals surface area (Å²) in [4.78, 5) is 2.64. The van der Waals surface area contributed by atoms with Crippen molar-refractivity contribution in [3.05, 3.63) is 71.8 Å². The fourth-order valence-electron chi connectivity index (χ4n) is 4.81. The molecular formula is C24H32N2.